The van der Waals surface area contributed by atoms with Crippen LogP contribution in [0.25, 0.3) is 0 Å². The molecule has 1 heterocycles. The summed E-state index contributed by atoms with van der Waals surface area (Å²) in [6, 6.07) is 7.44. The van der Waals surface area contributed by atoms with Crippen LogP contribution in [0.4, 0.5) is 0 Å². The summed E-state index contributed by atoms with van der Waals surface area (Å²) in [6.45, 7) is 5.30. The smallest absolute Gasteiger partial charge is 0.192 e. The van der Waals surface area contributed by atoms with Gasteiger partial charge in [-0.05, 0) is 43.7 Å². The Morgan fingerprint density at radius 1 is 1.35 bits per heavy atom. The number of hydrogen-bond acceptors (Lipinski definition) is 4. The molecular weight excluding hydrogens is 254 g/mol. The zero-order valence-corrected chi connectivity index (χ0v) is 11.9. The van der Waals surface area contributed by atoms with Gasteiger partial charge in [-0.3, -0.25) is 9.69 Å². The molecule has 0 spiro atoms. The molecule has 1 aromatic carbocycles. The molecular formula is C16H21NO3. The van der Waals surface area contributed by atoms with Crippen molar-refractivity contribution in [2.24, 2.45) is 0 Å². The summed E-state index contributed by atoms with van der Waals surface area (Å²) < 4.78 is 11.3. The Hall–Kier alpha value is -1.39. The molecule has 4 heteroatoms. The van der Waals surface area contributed by atoms with E-state index < -0.39 is 0 Å². The molecule has 1 saturated heterocycles. The molecule has 0 N–H and O–H groups in total. The summed E-state index contributed by atoms with van der Waals surface area (Å²) >= 11 is 0. The van der Waals surface area contributed by atoms with Gasteiger partial charge in [-0.25, -0.2) is 0 Å². The van der Waals surface area contributed by atoms with Crippen LogP contribution in [0.5, 0.6) is 5.75 Å². The summed E-state index contributed by atoms with van der Waals surface area (Å²) in [5.74, 6) is 0.921. The number of carbonyl (C=O) groups is 1. The highest BCUT2D eigenvalue weighted by Gasteiger charge is 2.27. The Morgan fingerprint density at radius 2 is 2.10 bits per heavy atom. The second-order valence-corrected chi connectivity index (χ2v) is 5.46. The monoisotopic (exact) mass is 275 g/mol. The molecule has 20 heavy (non-hydrogen) atoms. The molecule has 1 aliphatic carbocycles. The molecule has 1 atom stereocenters. The van der Waals surface area contributed by atoms with Crippen LogP contribution in [0.1, 0.15) is 30.1 Å². The molecule has 0 radical (unpaired) electrons. The minimum Gasteiger partial charge on any atom is -0.490 e. The molecule has 0 bridgehead atoms. The number of ether oxygens (including phenoxy) is 2. The summed E-state index contributed by atoms with van der Waals surface area (Å²) in [7, 11) is 0. The Balaban J connectivity index is 1.63. The van der Waals surface area contributed by atoms with E-state index in [1.165, 1.54) is 0 Å². The molecule has 1 aromatic rings. The van der Waals surface area contributed by atoms with E-state index in [1.54, 1.807) is 0 Å². The van der Waals surface area contributed by atoms with Crippen LogP contribution in [-0.4, -0.2) is 49.1 Å². The van der Waals surface area contributed by atoms with Crippen molar-refractivity contribution in [3.63, 3.8) is 0 Å². The number of rotatable bonds is 5. The van der Waals surface area contributed by atoms with E-state index in [0.29, 0.717) is 24.8 Å². The lowest BCUT2D eigenvalue weighted by atomic mass is 10.0. The summed E-state index contributed by atoms with van der Waals surface area (Å²) in [6.07, 6.45) is 2.34. The SMILES string of the molecule is CCN1CCOC(C(=O)c2ccc(OC3CC3)cc2)C1. The zero-order chi connectivity index (χ0) is 13.9. The number of nitrogens with zero attached hydrogens (tertiary/aromatic N) is 1. The van der Waals surface area contributed by atoms with Gasteiger partial charge < -0.3 is 9.47 Å². The van der Waals surface area contributed by atoms with Crippen molar-refractivity contribution in [2.75, 3.05) is 26.2 Å². The lowest BCUT2D eigenvalue weighted by Crippen LogP contribution is -2.45. The maximum Gasteiger partial charge on any atom is 0.192 e. The van der Waals surface area contributed by atoms with Crippen molar-refractivity contribution in [3.05, 3.63) is 29.8 Å². The minimum atomic E-state index is -0.334. The van der Waals surface area contributed by atoms with Gasteiger partial charge >= 0.3 is 0 Å². The molecule has 2 aliphatic rings. The van der Waals surface area contributed by atoms with Crippen molar-refractivity contribution in [1.29, 1.82) is 0 Å². The first-order chi connectivity index (χ1) is 9.76. The van der Waals surface area contributed by atoms with E-state index >= 15 is 0 Å². The maximum absolute atomic E-state index is 12.4. The highest BCUT2D eigenvalue weighted by Crippen LogP contribution is 2.27. The first-order valence-corrected chi connectivity index (χ1v) is 7.41. The van der Waals surface area contributed by atoms with Gasteiger partial charge in [0.05, 0.1) is 12.7 Å². The van der Waals surface area contributed by atoms with Crippen LogP contribution >= 0.6 is 0 Å². The number of benzene rings is 1. The van der Waals surface area contributed by atoms with E-state index in [0.717, 1.165) is 31.7 Å². The van der Waals surface area contributed by atoms with E-state index in [4.69, 9.17) is 9.47 Å². The van der Waals surface area contributed by atoms with Gasteiger partial charge in [-0.15, -0.1) is 0 Å². The third-order valence-corrected chi connectivity index (χ3v) is 3.86. The molecule has 108 valence electrons. The maximum atomic E-state index is 12.4. The van der Waals surface area contributed by atoms with Crippen molar-refractivity contribution < 1.29 is 14.3 Å². The third kappa shape index (κ3) is 3.19. The summed E-state index contributed by atoms with van der Waals surface area (Å²) in [5, 5.41) is 0. The number of likely N-dealkylation sites (N-methyl/N-ethyl adjacent to an activating group) is 1. The van der Waals surface area contributed by atoms with E-state index in [2.05, 4.69) is 11.8 Å². The molecule has 0 aromatic heterocycles. The molecule has 1 saturated carbocycles. The topological polar surface area (TPSA) is 38.8 Å². The second kappa shape index (κ2) is 5.94. The molecule has 3 rings (SSSR count). The number of ketones is 1. The number of hydrogen-bond donors (Lipinski definition) is 0. The van der Waals surface area contributed by atoms with Crippen molar-refractivity contribution in [1.82, 2.24) is 4.90 Å². The Morgan fingerprint density at radius 3 is 2.75 bits per heavy atom. The molecule has 0 amide bonds. The molecule has 2 fully saturated rings. The second-order valence-electron chi connectivity index (χ2n) is 5.46. The normalized spacial score (nSPS) is 23.6. The predicted molar refractivity (Wildman–Crippen MR) is 76.3 cm³/mol. The standard InChI is InChI=1S/C16H21NO3/c1-2-17-9-10-19-15(11-17)16(18)12-3-5-13(6-4-12)20-14-7-8-14/h3-6,14-15H,2,7-11H2,1H3. The van der Waals surface area contributed by atoms with Crippen LogP contribution in [-0.2, 0) is 4.74 Å². The van der Waals surface area contributed by atoms with Crippen molar-refractivity contribution in [2.45, 2.75) is 32.0 Å². The first kappa shape index (κ1) is 13.6. The Bertz CT molecular complexity index is 467. The van der Waals surface area contributed by atoms with E-state index in [-0.39, 0.29) is 11.9 Å². The highest BCUT2D eigenvalue weighted by molar-refractivity contribution is 5.99. The zero-order valence-electron chi connectivity index (χ0n) is 11.9. The summed E-state index contributed by atoms with van der Waals surface area (Å²) in [5.41, 5.74) is 0.705. The molecule has 4 nitrogen and oxygen atoms in total. The van der Waals surface area contributed by atoms with Gasteiger partial charge in [0.2, 0.25) is 0 Å². The van der Waals surface area contributed by atoms with Crippen LogP contribution < -0.4 is 4.74 Å². The van der Waals surface area contributed by atoms with Crippen molar-refractivity contribution in [3.8, 4) is 5.75 Å². The lowest BCUT2D eigenvalue weighted by Gasteiger charge is -2.31. The summed E-state index contributed by atoms with van der Waals surface area (Å²) in [4.78, 5) is 14.7. The van der Waals surface area contributed by atoms with Crippen LogP contribution in [0.2, 0.25) is 0 Å². The third-order valence-electron chi connectivity index (χ3n) is 3.86. The quantitative estimate of drug-likeness (QED) is 0.772. The van der Waals surface area contributed by atoms with Gasteiger partial charge in [-0.2, -0.15) is 0 Å². The van der Waals surface area contributed by atoms with Gasteiger partial charge in [-0.1, -0.05) is 6.92 Å². The van der Waals surface area contributed by atoms with Gasteiger partial charge in [0.25, 0.3) is 0 Å². The van der Waals surface area contributed by atoms with Crippen LogP contribution in [0.15, 0.2) is 24.3 Å². The molecule has 1 unspecified atom stereocenters. The van der Waals surface area contributed by atoms with Crippen molar-refractivity contribution >= 4 is 5.78 Å². The fourth-order valence-corrected chi connectivity index (χ4v) is 2.41. The lowest BCUT2D eigenvalue weighted by molar-refractivity contribution is -0.0148. The van der Waals surface area contributed by atoms with Crippen LogP contribution in [0.3, 0.4) is 0 Å². The first-order valence-electron chi connectivity index (χ1n) is 7.41. The number of Topliss-reactive ketones (excluding diaryl/α,β-unsaturated/α-hetero) is 1. The average Bonchev–Trinajstić information content (AvgIpc) is 3.31. The minimum absolute atomic E-state index is 0.0705. The highest BCUT2D eigenvalue weighted by atomic mass is 16.5. The van der Waals surface area contributed by atoms with E-state index in [1.807, 2.05) is 24.3 Å². The largest absolute Gasteiger partial charge is 0.490 e. The fourth-order valence-electron chi connectivity index (χ4n) is 2.41. The number of carbonyl (C=O) groups excluding carboxylic acids is 1. The van der Waals surface area contributed by atoms with Gasteiger partial charge in [0.1, 0.15) is 11.9 Å². The van der Waals surface area contributed by atoms with Gasteiger partial charge in [0, 0.05) is 18.7 Å². The Labute approximate surface area is 119 Å². The predicted octanol–water partition coefficient (Wildman–Crippen LogP) is 2.13. The van der Waals surface area contributed by atoms with Gasteiger partial charge in [0.15, 0.2) is 5.78 Å². The average molecular weight is 275 g/mol. The van der Waals surface area contributed by atoms with E-state index in [9.17, 15) is 4.79 Å². The number of morpholine rings is 1. The Kier molecular flexibility index (Phi) is 4.03. The fraction of sp³-hybridized carbons (Fsp3) is 0.562. The van der Waals surface area contributed by atoms with Crippen LogP contribution in [0, 0.1) is 0 Å². The molecule has 1 aliphatic heterocycles.